The van der Waals surface area contributed by atoms with E-state index >= 15 is 0 Å². The fourth-order valence-electron chi connectivity index (χ4n) is 9.10. The predicted octanol–water partition coefficient (Wildman–Crippen LogP) is 2.90. The van der Waals surface area contributed by atoms with Gasteiger partial charge in [0, 0.05) is 55.3 Å². The number of nitrogens with zero attached hydrogens (tertiary/aromatic N) is 2. The first-order valence-corrected chi connectivity index (χ1v) is 16.5. The molecule has 0 radical (unpaired) electrons. The lowest BCUT2D eigenvalue weighted by molar-refractivity contribution is -0.207. The minimum absolute atomic E-state index is 0.0451. The zero-order valence-electron chi connectivity index (χ0n) is 27.2. The van der Waals surface area contributed by atoms with Crippen LogP contribution >= 0.6 is 0 Å². The summed E-state index contributed by atoms with van der Waals surface area (Å²) >= 11 is 0. The molecule has 4 heterocycles. The third-order valence-corrected chi connectivity index (χ3v) is 11.9. The summed E-state index contributed by atoms with van der Waals surface area (Å²) < 4.78 is 18.1. The van der Waals surface area contributed by atoms with Crippen LogP contribution in [0.15, 0.2) is 42.0 Å². The SMILES string of the molecule is CC=C(C)C(=O)OC1CC2CC(OC(=O)C3C(c4ccccc4)C(C(=O)O)C3(C)C(=O)OC3CC4CC(O)CC3N4C)CC1N2C. The summed E-state index contributed by atoms with van der Waals surface area (Å²) in [5.41, 5.74) is -0.479. The first kappa shape index (κ1) is 32.7. The van der Waals surface area contributed by atoms with Gasteiger partial charge in [0.25, 0.3) is 0 Å². The normalized spacial score (nSPS) is 40.6. The summed E-state index contributed by atoms with van der Waals surface area (Å²) in [5.74, 6) is -5.92. The molecular weight excluding hydrogens is 592 g/mol. The molecule has 46 heavy (non-hydrogen) atoms. The van der Waals surface area contributed by atoms with Crippen molar-refractivity contribution in [2.45, 2.75) is 114 Å². The average Bonchev–Trinajstić information content (AvgIpc) is 3.27. The van der Waals surface area contributed by atoms with Gasteiger partial charge < -0.3 is 24.4 Å². The first-order valence-electron chi connectivity index (χ1n) is 16.5. The van der Waals surface area contributed by atoms with E-state index < -0.39 is 59.4 Å². The van der Waals surface area contributed by atoms with Crippen molar-refractivity contribution in [2.24, 2.45) is 17.3 Å². The molecule has 0 amide bonds. The van der Waals surface area contributed by atoms with Gasteiger partial charge in [0.05, 0.1) is 29.4 Å². The van der Waals surface area contributed by atoms with Crippen LogP contribution in [0.2, 0.25) is 0 Å². The Labute approximate surface area is 269 Å². The van der Waals surface area contributed by atoms with Gasteiger partial charge in [0.1, 0.15) is 18.3 Å². The maximum Gasteiger partial charge on any atom is 0.333 e. The highest BCUT2D eigenvalue weighted by atomic mass is 16.6. The first-order chi connectivity index (χ1) is 21.8. The molecular formula is C35H46N2O9. The Bertz CT molecular complexity index is 1400. The number of fused-ring (bicyclic) bond motifs is 4. The lowest BCUT2D eigenvalue weighted by Gasteiger charge is -2.55. The van der Waals surface area contributed by atoms with Gasteiger partial charge in [0.2, 0.25) is 0 Å². The van der Waals surface area contributed by atoms with Crippen molar-refractivity contribution in [3.63, 3.8) is 0 Å². The Morgan fingerprint density at radius 1 is 0.848 bits per heavy atom. The maximum absolute atomic E-state index is 14.2. The van der Waals surface area contributed by atoms with E-state index in [2.05, 4.69) is 9.80 Å². The van der Waals surface area contributed by atoms with Gasteiger partial charge in [-0.2, -0.15) is 0 Å². The molecule has 1 aromatic carbocycles. The van der Waals surface area contributed by atoms with Gasteiger partial charge in [-0.15, -0.1) is 0 Å². The Morgan fingerprint density at radius 3 is 2.09 bits per heavy atom. The fourth-order valence-corrected chi connectivity index (χ4v) is 9.10. The Kier molecular flexibility index (Phi) is 8.80. The van der Waals surface area contributed by atoms with Crippen molar-refractivity contribution >= 4 is 23.9 Å². The number of allylic oxidation sites excluding steroid dienone is 1. The van der Waals surface area contributed by atoms with Crippen molar-refractivity contribution in [2.75, 3.05) is 14.1 Å². The smallest absolute Gasteiger partial charge is 0.333 e. The quantitative estimate of drug-likeness (QED) is 0.247. The van der Waals surface area contributed by atoms with Gasteiger partial charge in [0.15, 0.2) is 0 Å². The number of esters is 3. The number of aliphatic carboxylic acids is 1. The molecule has 12 atom stereocenters. The van der Waals surface area contributed by atoms with E-state index in [1.165, 1.54) is 6.92 Å². The molecule has 12 unspecified atom stereocenters. The summed E-state index contributed by atoms with van der Waals surface area (Å²) in [5, 5.41) is 20.8. The topological polar surface area (TPSA) is 143 Å². The summed E-state index contributed by atoms with van der Waals surface area (Å²) in [6, 6.07) is 8.76. The number of hydrogen-bond donors (Lipinski definition) is 2. The summed E-state index contributed by atoms with van der Waals surface area (Å²) in [6.07, 6.45) is 3.15. The molecule has 5 fully saturated rings. The number of aliphatic hydroxyl groups excluding tert-OH is 1. The van der Waals surface area contributed by atoms with Crippen molar-refractivity contribution in [1.82, 2.24) is 9.80 Å². The van der Waals surface area contributed by atoms with Gasteiger partial charge in [-0.05, 0) is 53.3 Å². The van der Waals surface area contributed by atoms with Crippen molar-refractivity contribution in [1.29, 1.82) is 0 Å². The number of ether oxygens (including phenoxy) is 3. The molecule has 0 spiro atoms. The number of carbonyl (C=O) groups is 4. The zero-order chi connectivity index (χ0) is 33.1. The highest BCUT2D eigenvalue weighted by molar-refractivity contribution is 5.95. The standard InChI is InChI=1S/C35H46N2O9/c1-6-18(2)32(41)45-26-15-21-13-23(17-25(26)37(21)5)44-33(42)30-28(19-10-8-7-9-11-19)29(31(39)40)35(30,3)34(43)46-27-14-20-12-22(38)16-24(27)36(20)4/h6-11,20-30,38H,12-17H2,1-5H3,(H,39,40). The maximum atomic E-state index is 14.2. The number of carbonyl (C=O) groups excluding carboxylic acids is 3. The fraction of sp³-hybridized carbons (Fsp3) is 0.657. The number of carboxylic acids is 1. The molecule has 1 aromatic rings. The average molecular weight is 639 g/mol. The van der Waals surface area contributed by atoms with Crippen LogP contribution in [0, 0.1) is 17.3 Å². The van der Waals surface area contributed by atoms with Crippen LogP contribution in [0.5, 0.6) is 0 Å². The van der Waals surface area contributed by atoms with E-state index in [-0.39, 0.29) is 36.2 Å². The third kappa shape index (κ3) is 5.44. The van der Waals surface area contributed by atoms with Crippen LogP contribution < -0.4 is 0 Å². The second kappa shape index (κ2) is 12.4. The Balaban J connectivity index is 1.23. The van der Waals surface area contributed by atoms with Crippen molar-refractivity contribution in [3.05, 3.63) is 47.5 Å². The number of aliphatic hydroxyl groups is 1. The number of carboxylic acid groups (broad SMARTS) is 1. The predicted molar refractivity (Wildman–Crippen MR) is 165 cm³/mol. The molecule has 4 aliphatic heterocycles. The second-order valence-corrected chi connectivity index (χ2v) is 14.3. The van der Waals surface area contributed by atoms with Crippen LogP contribution in [-0.2, 0) is 33.4 Å². The Morgan fingerprint density at radius 2 is 1.46 bits per heavy atom. The molecule has 1 saturated carbocycles. The van der Waals surface area contributed by atoms with Crippen LogP contribution in [0.4, 0.5) is 0 Å². The molecule has 11 heteroatoms. The van der Waals surface area contributed by atoms with E-state index in [1.807, 2.05) is 20.2 Å². The van der Waals surface area contributed by atoms with Crippen LogP contribution in [0.3, 0.4) is 0 Å². The molecule has 2 N–H and O–H groups in total. The minimum Gasteiger partial charge on any atom is -0.481 e. The summed E-state index contributed by atoms with van der Waals surface area (Å²) in [4.78, 5) is 58.0. The molecule has 0 aromatic heterocycles. The van der Waals surface area contributed by atoms with Crippen LogP contribution in [0.1, 0.15) is 70.8 Å². The van der Waals surface area contributed by atoms with E-state index in [0.29, 0.717) is 49.7 Å². The van der Waals surface area contributed by atoms with Crippen LogP contribution in [0.25, 0.3) is 0 Å². The molecule has 4 bridgehead atoms. The number of benzene rings is 1. The third-order valence-electron chi connectivity index (χ3n) is 11.9. The van der Waals surface area contributed by atoms with Crippen molar-refractivity contribution < 1.29 is 43.6 Å². The number of piperidine rings is 2. The molecule has 11 nitrogen and oxygen atoms in total. The molecule has 1 aliphatic carbocycles. The van der Waals surface area contributed by atoms with E-state index in [1.54, 1.807) is 44.2 Å². The molecule has 6 rings (SSSR count). The van der Waals surface area contributed by atoms with E-state index in [9.17, 15) is 29.4 Å². The monoisotopic (exact) mass is 638 g/mol. The largest absolute Gasteiger partial charge is 0.481 e. The van der Waals surface area contributed by atoms with E-state index in [0.717, 1.165) is 0 Å². The number of rotatable bonds is 8. The molecule has 4 saturated heterocycles. The van der Waals surface area contributed by atoms with Crippen molar-refractivity contribution in [3.8, 4) is 0 Å². The lowest BCUT2D eigenvalue weighted by Crippen LogP contribution is -2.65. The van der Waals surface area contributed by atoms with Gasteiger partial charge in [-0.1, -0.05) is 36.4 Å². The van der Waals surface area contributed by atoms with Crippen LogP contribution in [-0.4, -0.2) is 107 Å². The highest BCUT2D eigenvalue weighted by Crippen LogP contribution is 2.62. The molecule has 250 valence electrons. The Hall–Kier alpha value is -3.28. The summed E-state index contributed by atoms with van der Waals surface area (Å²) in [7, 11) is 3.94. The van der Waals surface area contributed by atoms with E-state index in [4.69, 9.17) is 14.2 Å². The van der Waals surface area contributed by atoms with Gasteiger partial charge >= 0.3 is 23.9 Å². The highest BCUT2D eigenvalue weighted by Gasteiger charge is 2.71. The summed E-state index contributed by atoms with van der Waals surface area (Å²) in [6.45, 7) is 5.03. The number of likely N-dealkylation sites (N-methyl/N-ethyl adjacent to an activating group) is 2. The second-order valence-electron chi connectivity index (χ2n) is 14.3. The van der Waals surface area contributed by atoms with Gasteiger partial charge in [-0.25, -0.2) is 4.79 Å². The minimum atomic E-state index is -1.66. The number of hydrogen-bond acceptors (Lipinski definition) is 10. The lowest BCUT2D eigenvalue weighted by atomic mass is 9.45. The zero-order valence-corrected chi connectivity index (χ0v) is 27.2. The van der Waals surface area contributed by atoms with Gasteiger partial charge in [-0.3, -0.25) is 24.2 Å². The molecule has 5 aliphatic rings.